The van der Waals surface area contributed by atoms with E-state index in [-0.39, 0.29) is 18.1 Å². The predicted molar refractivity (Wildman–Crippen MR) is 108 cm³/mol. The largest absolute Gasteiger partial charge is 0.490 e. The third-order valence-electron chi connectivity index (χ3n) is 5.46. The zero-order chi connectivity index (χ0) is 19.2. The summed E-state index contributed by atoms with van der Waals surface area (Å²) in [6.07, 6.45) is 5.07. The molecular weight excluding hydrogens is 352 g/mol. The zero-order valence-electron chi connectivity index (χ0n) is 16.1. The summed E-state index contributed by atoms with van der Waals surface area (Å²) in [6, 6.07) is 13.8. The average molecular weight is 380 g/mol. The molecule has 0 saturated carbocycles. The maximum Gasteiger partial charge on any atom is 0.251 e. The van der Waals surface area contributed by atoms with Gasteiger partial charge in [-0.3, -0.25) is 14.7 Å². The standard InChI is InChI=1S/C22H28N4O2/c27-22(25-18-8-12-23-15-18)17-4-6-20(7-5-17)28-21-9-13-26(14-10-21)16-19-3-1-2-11-24-19/h1-7,11,18,21,23H,8-10,12-16H2,(H,25,27)/t18-/m1/s1. The minimum atomic E-state index is -0.0110. The van der Waals surface area contributed by atoms with Gasteiger partial charge in [0.05, 0.1) is 5.69 Å². The number of carbonyl (C=O) groups excluding carboxylic acids is 1. The smallest absolute Gasteiger partial charge is 0.251 e. The van der Waals surface area contributed by atoms with Crippen molar-refractivity contribution in [2.75, 3.05) is 26.2 Å². The van der Waals surface area contributed by atoms with E-state index in [1.165, 1.54) is 0 Å². The number of aromatic nitrogens is 1. The fraction of sp³-hybridized carbons (Fsp3) is 0.455. The minimum Gasteiger partial charge on any atom is -0.490 e. The van der Waals surface area contributed by atoms with Crippen molar-refractivity contribution < 1.29 is 9.53 Å². The number of nitrogens with one attached hydrogen (secondary N) is 2. The van der Waals surface area contributed by atoms with Gasteiger partial charge in [0.2, 0.25) is 0 Å². The first-order valence-electron chi connectivity index (χ1n) is 10.2. The van der Waals surface area contributed by atoms with Crippen molar-refractivity contribution in [3.8, 4) is 5.75 Å². The van der Waals surface area contributed by atoms with Crippen molar-refractivity contribution in [2.24, 2.45) is 0 Å². The molecule has 3 heterocycles. The SMILES string of the molecule is O=C(N[C@@H]1CCNC1)c1ccc(OC2CCN(Cc3ccccn3)CC2)cc1. The van der Waals surface area contributed by atoms with Gasteiger partial charge in [-0.2, -0.15) is 0 Å². The van der Waals surface area contributed by atoms with Gasteiger partial charge in [-0.05, 0) is 62.2 Å². The van der Waals surface area contributed by atoms with Gasteiger partial charge in [0.1, 0.15) is 11.9 Å². The summed E-state index contributed by atoms with van der Waals surface area (Å²) in [5.74, 6) is 0.824. The van der Waals surface area contributed by atoms with Crippen LogP contribution in [0, 0.1) is 0 Å². The van der Waals surface area contributed by atoms with Gasteiger partial charge < -0.3 is 15.4 Å². The number of pyridine rings is 1. The molecule has 2 aliphatic heterocycles. The molecule has 2 N–H and O–H groups in total. The van der Waals surface area contributed by atoms with Crippen LogP contribution in [0.2, 0.25) is 0 Å². The number of carbonyl (C=O) groups is 1. The summed E-state index contributed by atoms with van der Waals surface area (Å²) in [7, 11) is 0. The molecule has 1 atom stereocenters. The average Bonchev–Trinajstić information content (AvgIpc) is 3.24. The van der Waals surface area contributed by atoms with E-state index in [0.717, 1.165) is 63.4 Å². The summed E-state index contributed by atoms with van der Waals surface area (Å²) in [4.78, 5) is 19.1. The molecule has 1 aromatic carbocycles. The topological polar surface area (TPSA) is 66.5 Å². The van der Waals surface area contributed by atoms with E-state index in [4.69, 9.17) is 4.74 Å². The Morgan fingerprint density at radius 2 is 1.96 bits per heavy atom. The van der Waals surface area contributed by atoms with Crippen LogP contribution in [0.4, 0.5) is 0 Å². The fourth-order valence-electron chi connectivity index (χ4n) is 3.83. The Kier molecular flexibility index (Phi) is 6.19. The second kappa shape index (κ2) is 9.17. The van der Waals surface area contributed by atoms with Crippen LogP contribution in [0.25, 0.3) is 0 Å². The van der Waals surface area contributed by atoms with Crippen LogP contribution in [-0.4, -0.2) is 54.1 Å². The molecule has 0 unspecified atom stereocenters. The molecule has 1 aromatic heterocycles. The number of amides is 1. The molecule has 0 aliphatic carbocycles. The van der Waals surface area contributed by atoms with Gasteiger partial charge in [0.15, 0.2) is 0 Å². The normalized spacial score (nSPS) is 20.8. The fourth-order valence-corrected chi connectivity index (χ4v) is 3.83. The number of nitrogens with zero attached hydrogens (tertiary/aromatic N) is 2. The molecule has 0 radical (unpaired) electrons. The number of rotatable bonds is 6. The molecule has 6 heteroatoms. The van der Waals surface area contributed by atoms with E-state index in [9.17, 15) is 4.79 Å². The van der Waals surface area contributed by atoms with Crippen molar-refractivity contribution in [2.45, 2.75) is 38.0 Å². The molecule has 2 fully saturated rings. The van der Waals surface area contributed by atoms with Crippen molar-refractivity contribution in [3.63, 3.8) is 0 Å². The highest BCUT2D eigenvalue weighted by Crippen LogP contribution is 2.20. The first-order valence-corrected chi connectivity index (χ1v) is 10.2. The number of likely N-dealkylation sites (tertiary alicyclic amines) is 1. The molecule has 2 aliphatic rings. The summed E-state index contributed by atoms with van der Waals surface area (Å²) in [5, 5.41) is 6.33. The lowest BCUT2D eigenvalue weighted by Crippen LogP contribution is -2.38. The Bertz CT molecular complexity index is 752. The molecule has 2 aromatic rings. The Labute approximate surface area is 166 Å². The van der Waals surface area contributed by atoms with Crippen LogP contribution in [0.1, 0.15) is 35.3 Å². The highest BCUT2D eigenvalue weighted by molar-refractivity contribution is 5.94. The van der Waals surface area contributed by atoms with Crippen LogP contribution >= 0.6 is 0 Å². The van der Waals surface area contributed by atoms with Crippen LogP contribution < -0.4 is 15.4 Å². The monoisotopic (exact) mass is 380 g/mol. The van der Waals surface area contributed by atoms with Crippen molar-refractivity contribution >= 4 is 5.91 Å². The summed E-state index contributed by atoms with van der Waals surface area (Å²) in [6.45, 7) is 4.74. The van der Waals surface area contributed by atoms with E-state index in [2.05, 4.69) is 26.6 Å². The Balaban J connectivity index is 1.23. The number of benzene rings is 1. The quantitative estimate of drug-likeness (QED) is 0.804. The van der Waals surface area contributed by atoms with Crippen LogP contribution in [-0.2, 0) is 6.54 Å². The van der Waals surface area contributed by atoms with Crippen molar-refractivity contribution in [1.82, 2.24) is 20.5 Å². The van der Waals surface area contributed by atoms with Gasteiger partial charge >= 0.3 is 0 Å². The molecule has 0 bridgehead atoms. The zero-order valence-corrected chi connectivity index (χ0v) is 16.1. The highest BCUT2D eigenvalue weighted by Gasteiger charge is 2.21. The Morgan fingerprint density at radius 1 is 1.14 bits per heavy atom. The first kappa shape index (κ1) is 18.9. The number of piperidine rings is 1. The summed E-state index contributed by atoms with van der Waals surface area (Å²) in [5.41, 5.74) is 1.80. The second-order valence-corrected chi connectivity index (χ2v) is 7.60. The molecule has 1 amide bonds. The Hall–Kier alpha value is -2.44. The molecule has 6 nitrogen and oxygen atoms in total. The van der Waals surface area contributed by atoms with E-state index in [0.29, 0.717) is 5.56 Å². The molecule has 0 spiro atoms. The van der Waals surface area contributed by atoms with Gasteiger partial charge in [0, 0.05) is 44.0 Å². The molecular formula is C22H28N4O2. The lowest BCUT2D eigenvalue weighted by Gasteiger charge is -2.31. The maximum absolute atomic E-state index is 12.3. The summed E-state index contributed by atoms with van der Waals surface area (Å²) >= 11 is 0. The lowest BCUT2D eigenvalue weighted by atomic mass is 10.1. The molecule has 148 valence electrons. The third-order valence-corrected chi connectivity index (χ3v) is 5.46. The van der Waals surface area contributed by atoms with Gasteiger partial charge in [-0.15, -0.1) is 0 Å². The van der Waals surface area contributed by atoms with Crippen molar-refractivity contribution in [3.05, 3.63) is 59.9 Å². The predicted octanol–water partition coefficient (Wildman–Crippen LogP) is 2.22. The first-order chi connectivity index (χ1) is 13.8. The molecule has 28 heavy (non-hydrogen) atoms. The van der Waals surface area contributed by atoms with Crippen molar-refractivity contribution in [1.29, 1.82) is 0 Å². The highest BCUT2D eigenvalue weighted by atomic mass is 16.5. The number of hydrogen-bond acceptors (Lipinski definition) is 5. The minimum absolute atomic E-state index is 0.0110. The van der Waals surface area contributed by atoms with Crippen LogP contribution in [0.15, 0.2) is 48.7 Å². The van der Waals surface area contributed by atoms with Crippen LogP contribution in [0.3, 0.4) is 0 Å². The van der Waals surface area contributed by atoms with Gasteiger partial charge in [-0.1, -0.05) is 6.07 Å². The summed E-state index contributed by atoms with van der Waals surface area (Å²) < 4.78 is 6.14. The molecule has 4 rings (SSSR count). The number of hydrogen-bond donors (Lipinski definition) is 2. The second-order valence-electron chi connectivity index (χ2n) is 7.60. The van der Waals surface area contributed by atoms with Crippen LogP contribution in [0.5, 0.6) is 5.75 Å². The van der Waals surface area contributed by atoms with E-state index >= 15 is 0 Å². The number of ether oxygens (including phenoxy) is 1. The Morgan fingerprint density at radius 3 is 2.64 bits per heavy atom. The molecule has 2 saturated heterocycles. The van der Waals surface area contributed by atoms with E-state index in [1.54, 1.807) is 0 Å². The maximum atomic E-state index is 12.3. The third kappa shape index (κ3) is 5.09. The van der Waals surface area contributed by atoms with Gasteiger partial charge in [-0.25, -0.2) is 0 Å². The lowest BCUT2D eigenvalue weighted by molar-refractivity contribution is 0.0938. The van der Waals surface area contributed by atoms with E-state index in [1.807, 2.05) is 42.6 Å². The van der Waals surface area contributed by atoms with Gasteiger partial charge in [0.25, 0.3) is 5.91 Å². The van der Waals surface area contributed by atoms with E-state index < -0.39 is 0 Å².